The highest BCUT2D eigenvalue weighted by Crippen LogP contribution is 2.43. The lowest BCUT2D eigenvalue weighted by Crippen LogP contribution is -2.44. The fraction of sp³-hybridized carbons (Fsp3) is 0.600. The summed E-state index contributed by atoms with van der Waals surface area (Å²) < 4.78 is 19.8. The van der Waals surface area contributed by atoms with Gasteiger partial charge in [-0.25, -0.2) is 4.39 Å². The first-order valence-electron chi connectivity index (χ1n) is 9.29. The Balaban J connectivity index is 1.71. The van der Waals surface area contributed by atoms with Crippen molar-refractivity contribution in [2.75, 3.05) is 0 Å². The van der Waals surface area contributed by atoms with Crippen LogP contribution in [0.15, 0.2) is 24.3 Å². The summed E-state index contributed by atoms with van der Waals surface area (Å²) in [6.07, 6.45) is 6.16. The lowest BCUT2D eigenvalue weighted by atomic mass is 9.78. The Bertz CT molecular complexity index is 634. The molecule has 0 bridgehead atoms. The van der Waals surface area contributed by atoms with Gasteiger partial charge in [0.25, 0.3) is 5.91 Å². The molecule has 0 radical (unpaired) electrons. The van der Waals surface area contributed by atoms with Crippen molar-refractivity contribution < 1.29 is 18.7 Å². The number of halogens is 1. The van der Waals surface area contributed by atoms with Crippen molar-refractivity contribution in [3.63, 3.8) is 0 Å². The molecule has 3 rings (SSSR count). The van der Waals surface area contributed by atoms with Crippen LogP contribution in [-0.2, 0) is 19.7 Å². The Labute approximate surface area is 148 Å². The molecular formula is C20H26FNO3. The van der Waals surface area contributed by atoms with Crippen LogP contribution in [0.3, 0.4) is 0 Å². The van der Waals surface area contributed by atoms with E-state index in [2.05, 4.69) is 5.32 Å². The molecule has 0 aromatic heterocycles. The average molecular weight is 347 g/mol. The minimum absolute atomic E-state index is 0.181. The first kappa shape index (κ1) is 17.9. The molecule has 0 saturated heterocycles. The maximum Gasteiger partial charge on any atom is 0.317 e. The van der Waals surface area contributed by atoms with E-state index in [0.717, 1.165) is 38.5 Å². The smallest absolute Gasteiger partial charge is 0.317 e. The zero-order chi connectivity index (χ0) is 17.9. The van der Waals surface area contributed by atoms with Gasteiger partial charge in [-0.1, -0.05) is 43.9 Å². The maximum atomic E-state index is 14.3. The Kier molecular flexibility index (Phi) is 5.40. The predicted octanol–water partition coefficient (Wildman–Crippen LogP) is 3.63. The number of carbonyl (C=O) groups excluding carboxylic acids is 2. The highest BCUT2D eigenvalue weighted by atomic mass is 19.1. The maximum absolute atomic E-state index is 14.3. The lowest BCUT2D eigenvalue weighted by Gasteiger charge is -2.29. The minimum atomic E-state index is -0.965. The number of nitrogens with one attached hydrogen (secondary N) is 1. The highest BCUT2D eigenvalue weighted by Gasteiger charge is 2.46. The zero-order valence-electron chi connectivity index (χ0n) is 14.7. The molecule has 0 heterocycles. The second-order valence-corrected chi connectivity index (χ2v) is 7.31. The standard InChI is InChI=1S/C20H26FNO3/c1-14(18(23)22-15-8-2-3-9-15)25-19(24)20(12-6-7-13-20)16-10-4-5-11-17(16)21/h4-5,10-11,14-15H,2-3,6-9,12-13H2,1H3,(H,22,23)/t14-/m0/s1. The van der Waals surface area contributed by atoms with Crippen LogP contribution in [0.5, 0.6) is 0 Å². The fourth-order valence-electron chi connectivity index (χ4n) is 4.13. The summed E-state index contributed by atoms with van der Waals surface area (Å²) in [6, 6.07) is 6.57. The summed E-state index contributed by atoms with van der Waals surface area (Å²) in [6.45, 7) is 1.59. The largest absolute Gasteiger partial charge is 0.452 e. The van der Waals surface area contributed by atoms with Crippen molar-refractivity contribution in [3.05, 3.63) is 35.6 Å². The third-order valence-electron chi connectivity index (χ3n) is 5.59. The van der Waals surface area contributed by atoms with Crippen LogP contribution < -0.4 is 5.32 Å². The number of esters is 1. The third kappa shape index (κ3) is 3.70. The molecule has 136 valence electrons. The molecule has 5 heteroatoms. The van der Waals surface area contributed by atoms with E-state index in [1.165, 1.54) is 6.07 Å². The molecule has 2 aliphatic rings. The van der Waals surface area contributed by atoms with Gasteiger partial charge in [-0.2, -0.15) is 0 Å². The quantitative estimate of drug-likeness (QED) is 0.828. The Morgan fingerprint density at radius 3 is 2.44 bits per heavy atom. The molecule has 1 atom stereocenters. The number of ether oxygens (including phenoxy) is 1. The number of rotatable bonds is 5. The summed E-state index contributed by atoms with van der Waals surface area (Å²) >= 11 is 0. The van der Waals surface area contributed by atoms with E-state index >= 15 is 0 Å². The van der Waals surface area contributed by atoms with E-state index in [9.17, 15) is 14.0 Å². The minimum Gasteiger partial charge on any atom is -0.452 e. The topological polar surface area (TPSA) is 55.4 Å². The summed E-state index contributed by atoms with van der Waals surface area (Å²) in [4.78, 5) is 25.2. The van der Waals surface area contributed by atoms with Gasteiger partial charge in [0.15, 0.2) is 6.10 Å². The molecule has 0 spiro atoms. The number of carbonyl (C=O) groups is 2. The predicted molar refractivity (Wildman–Crippen MR) is 92.5 cm³/mol. The van der Waals surface area contributed by atoms with E-state index in [1.54, 1.807) is 25.1 Å². The Hall–Kier alpha value is -1.91. The Morgan fingerprint density at radius 1 is 1.16 bits per heavy atom. The number of amides is 1. The van der Waals surface area contributed by atoms with Crippen molar-refractivity contribution in [3.8, 4) is 0 Å². The van der Waals surface area contributed by atoms with Gasteiger partial charge in [0.05, 0.1) is 5.41 Å². The van der Waals surface area contributed by atoms with E-state index in [0.29, 0.717) is 18.4 Å². The van der Waals surface area contributed by atoms with E-state index in [4.69, 9.17) is 4.74 Å². The van der Waals surface area contributed by atoms with Gasteiger partial charge in [-0.3, -0.25) is 9.59 Å². The van der Waals surface area contributed by atoms with Crippen molar-refractivity contribution in [1.82, 2.24) is 5.32 Å². The second-order valence-electron chi connectivity index (χ2n) is 7.31. The van der Waals surface area contributed by atoms with Gasteiger partial charge in [0.2, 0.25) is 0 Å². The summed E-state index contributed by atoms with van der Waals surface area (Å²) in [5.74, 6) is -1.13. The van der Waals surface area contributed by atoms with Crippen LogP contribution >= 0.6 is 0 Å². The number of hydrogen-bond donors (Lipinski definition) is 1. The molecule has 2 fully saturated rings. The second kappa shape index (κ2) is 7.54. The van der Waals surface area contributed by atoms with Gasteiger partial charge >= 0.3 is 5.97 Å². The molecule has 2 saturated carbocycles. The van der Waals surface area contributed by atoms with Gasteiger partial charge in [0, 0.05) is 11.6 Å². The van der Waals surface area contributed by atoms with Crippen LogP contribution in [0.2, 0.25) is 0 Å². The van der Waals surface area contributed by atoms with E-state index in [1.807, 2.05) is 0 Å². The molecule has 2 aliphatic carbocycles. The van der Waals surface area contributed by atoms with Crippen LogP contribution in [0.4, 0.5) is 4.39 Å². The van der Waals surface area contributed by atoms with Crippen LogP contribution in [-0.4, -0.2) is 24.0 Å². The van der Waals surface area contributed by atoms with Crippen LogP contribution in [0, 0.1) is 5.82 Å². The summed E-state index contributed by atoms with van der Waals surface area (Å²) in [5.41, 5.74) is -0.575. The number of hydrogen-bond acceptors (Lipinski definition) is 3. The van der Waals surface area contributed by atoms with Crippen LogP contribution in [0.25, 0.3) is 0 Å². The normalized spacial score (nSPS) is 21.0. The first-order chi connectivity index (χ1) is 12.0. The SMILES string of the molecule is C[C@H](OC(=O)C1(c2ccccc2F)CCCC1)C(=O)NC1CCCC1. The fourth-order valence-corrected chi connectivity index (χ4v) is 4.13. The molecule has 1 aromatic rings. The molecule has 0 aliphatic heterocycles. The zero-order valence-corrected chi connectivity index (χ0v) is 14.7. The summed E-state index contributed by atoms with van der Waals surface area (Å²) in [5, 5.41) is 2.95. The highest BCUT2D eigenvalue weighted by molar-refractivity contribution is 5.88. The summed E-state index contributed by atoms with van der Waals surface area (Å²) in [7, 11) is 0. The van der Waals surface area contributed by atoms with Gasteiger partial charge in [-0.15, -0.1) is 0 Å². The number of benzene rings is 1. The molecule has 1 aromatic carbocycles. The van der Waals surface area contributed by atoms with Crippen LogP contribution in [0.1, 0.15) is 63.9 Å². The molecule has 4 nitrogen and oxygen atoms in total. The molecule has 1 N–H and O–H groups in total. The van der Waals surface area contributed by atoms with Crippen molar-refractivity contribution >= 4 is 11.9 Å². The van der Waals surface area contributed by atoms with Gasteiger partial charge in [-0.05, 0) is 38.7 Å². The molecular weight excluding hydrogens is 321 g/mol. The monoisotopic (exact) mass is 347 g/mol. The first-order valence-corrected chi connectivity index (χ1v) is 9.29. The van der Waals surface area contributed by atoms with Gasteiger partial charge in [0.1, 0.15) is 5.82 Å². The molecule has 1 amide bonds. The van der Waals surface area contributed by atoms with Crippen molar-refractivity contribution in [2.24, 2.45) is 0 Å². The Morgan fingerprint density at radius 2 is 1.80 bits per heavy atom. The third-order valence-corrected chi connectivity index (χ3v) is 5.59. The van der Waals surface area contributed by atoms with E-state index in [-0.39, 0.29) is 17.8 Å². The molecule has 25 heavy (non-hydrogen) atoms. The van der Waals surface area contributed by atoms with E-state index < -0.39 is 17.5 Å². The van der Waals surface area contributed by atoms with Gasteiger partial charge < -0.3 is 10.1 Å². The van der Waals surface area contributed by atoms with Crippen molar-refractivity contribution in [1.29, 1.82) is 0 Å². The average Bonchev–Trinajstić information content (AvgIpc) is 3.27. The lowest BCUT2D eigenvalue weighted by molar-refractivity contribution is -0.160. The van der Waals surface area contributed by atoms with Crippen molar-refractivity contribution in [2.45, 2.75) is 75.9 Å². The molecule has 0 unspecified atom stereocenters.